The van der Waals surface area contributed by atoms with Gasteiger partial charge in [-0.05, 0) is 19.8 Å². The lowest BCUT2D eigenvalue weighted by atomic mass is 9.81. The molecular formula is C18H27N5O3. The van der Waals surface area contributed by atoms with Gasteiger partial charge in [-0.25, -0.2) is 0 Å². The van der Waals surface area contributed by atoms with Gasteiger partial charge in [-0.15, -0.1) is 10.2 Å². The van der Waals surface area contributed by atoms with Gasteiger partial charge in [0, 0.05) is 45.1 Å². The Balaban J connectivity index is 1.47. The summed E-state index contributed by atoms with van der Waals surface area (Å²) in [5.74, 6) is 1.19. The number of fused-ring (bicyclic) bond motifs is 1. The molecule has 0 spiro atoms. The fraction of sp³-hybridized carbons (Fsp3) is 0.778. The van der Waals surface area contributed by atoms with Gasteiger partial charge in [0.2, 0.25) is 5.91 Å². The summed E-state index contributed by atoms with van der Waals surface area (Å²) in [5.41, 5.74) is -0.845. The normalized spacial score (nSPS) is 29.5. The molecule has 2 atom stereocenters. The number of aliphatic carboxylic acids is 1. The highest BCUT2D eigenvalue weighted by molar-refractivity contribution is 5.83. The lowest BCUT2D eigenvalue weighted by molar-refractivity contribution is -0.149. The number of aryl methyl sites for hydroxylation is 1. The summed E-state index contributed by atoms with van der Waals surface area (Å²) < 4.78 is 1.94. The van der Waals surface area contributed by atoms with Crippen molar-refractivity contribution in [3.63, 3.8) is 0 Å². The van der Waals surface area contributed by atoms with Crippen LogP contribution in [-0.2, 0) is 23.2 Å². The smallest absolute Gasteiger partial charge is 0.313 e. The average Bonchev–Trinajstić information content (AvgIpc) is 3.34. The fourth-order valence-corrected chi connectivity index (χ4v) is 4.98. The maximum atomic E-state index is 12.8. The van der Waals surface area contributed by atoms with Gasteiger partial charge < -0.3 is 14.6 Å². The maximum absolute atomic E-state index is 12.8. The summed E-state index contributed by atoms with van der Waals surface area (Å²) in [7, 11) is 1.93. The molecule has 8 nitrogen and oxygen atoms in total. The van der Waals surface area contributed by atoms with Crippen LogP contribution in [0.2, 0.25) is 0 Å². The lowest BCUT2D eigenvalue weighted by Crippen LogP contribution is -2.43. The lowest BCUT2D eigenvalue weighted by Gasteiger charge is -2.26. The van der Waals surface area contributed by atoms with E-state index in [0.717, 1.165) is 37.3 Å². The Kier molecular flexibility index (Phi) is 4.25. The number of hydrogen-bond donors (Lipinski definition) is 1. The van der Waals surface area contributed by atoms with E-state index in [1.807, 2.05) is 23.4 Å². The molecular weight excluding hydrogens is 334 g/mol. The molecule has 2 saturated heterocycles. The van der Waals surface area contributed by atoms with Gasteiger partial charge in [-0.3, -0.25) is 14.5 Å². The van der Waals surface area contributed by atoms with Crippen molar-refractivity contribution in [3.8, 4) is 0 Å². The number of rotatable bonds is 4. The summed E-state index contributed by atoms with van der Waals surface area (Å²) >= 11 is 0. The molecule has 1 N–H and O–H groups in total. The molecule has 1 aliphatic carbocycles. The van der Waals surface area contributed by atoms with Crippen molar-refractivity contribution in [2.45, 2.75) is 39.2 Å². The monoisotopic (exact) mass is 361 g/mol. The Hall–Kier alpha value is -1.96. The van der Waals surface area contributed by atoms with Crippen LogP contribution < -0.4 is 0 Å². The van der Waals surface area contributed by atoms with E-state index in [4.69, 9.17) is 0 Å². The number of carboxylic acid groups (broad SMARTS) is 1. The molecule has 26 heavy (non-hydrogen) atoms. The minimum Gasteiger partial charge on any atom is -0.481 e. The summed E-state index contributed by atoms with van der Waals surface area (Å²) in [6.07, 6.45) is 4.14. The number of amides is 1. The predicted octanol–water partition coefficient (Wildman–Crippen LogP) is 0.659. The van der Waals surface area contributed by atoms with Crippen molar-refractivity contribution >= 4 is 11.9 Å². The highest BCUT2D eigenvalue weighted by atomic mass is 16.4. The van der Waals surface area contributed by atoms with E-state index in [-0.39, 0.29) is 17.7 Å². The predicted molar refractivity (Wildman–Crippen MR) is 93.1 cm³/mol. The molecule has 1 aromatic heterocycles. The highest BCUT2D eigenvalue weighted by Gasteiger charge is 2.58. The standard InChI is InChI=1S/C18H27N5O3/c1-12-19-20-15(21(12)2)9-22-7-14-8-23(11-18(14,10-22)17(25)26)16(24)13-5-3-4-6-13/h13-14H,3-11H2,1-2H3,(H,25,26)/t14-,18-/m0/s1. The molecule has 3 heterocycles. The van der Waals surface area contributed by atoms with Crippen molar-refractivity contribution in [1.82, 2.24) is 24.6 Å². The van der Waals surface area contributed by atoms with Gasteiger partial charge in [0.25, 0.3) is 0 Å². The Bertz CT molecular complexity index is 726. The number of carbonyl (C=O) groups excluding carboxylic acids is 1. The first-order chi connectivity index (χ1) is 12.4. The molecule has 3 fully saturated rings. The number of hydrogen-bond acceptors (Lipinski definition) is 5. The van der Waals surface area contributed by atoms with Gasteiger partial charge >= 0.3 is 5.97 Å². The van der Waals surface area contributed by atoms with E-state index in [1.165, 1.54) is 0 Å². The van der Waals surface area contributed by atoms with Crippen molar-refractivity contribution in [2.24, 2.45) is 24.3 Å². The summed E-state index contributed by atoms with van der Waals surface area (Å²) in [6, 6.07) is 0. The fourth-order valence-electron chi connectivity index (χ4n) is 4.98. The molecule has 3 aliphatic rings. The molecule has 0 aromatic carbocycles. The van der Waals surface area contributed by atoms with Crippen molar-refractivity contribution in [2.75, 3.05) is 26.2 Å². The number of aromatic nitrogens is 3. The van der Waals surface area contributed by atoms with Crippen LogP contribution in [0.25, 0.3) is 0 Å². The second-order valence-corrected chi connectivity index (χ2v) is 8.25. The zero-order valence-corrected chi connectivity index (χ0v) is 15.5. The van der Waals surface area contributed by atoms with Crippen LogP contribution in [-0.4, -0.2) is 67.7 Å². The topological polar surface area (TPSA) is 91.6 Å². The molecule has 1 aromatic rings. The van der Waals surface area contributed by atoms with E-state index >= 15 is 0 Å². The van der Waals surface area contributed by atoms with Gasteiger partial charge in [0.1, 0.15) is 17.1 Å². The minimum atomic E-state index is -0.845. The summed E-state index contributed by atoms with van der Waals surface area (Å²) in [4.78, 5) is 28.9. The number of carboxylic acids is 1. The molecule has 8 heteroatoms. The van der Waals surface area contributed by atoms with Crippen LogP contribution >= 0.6 is 0 Å². The van der Waals surface area contributed by atoms with E-state index in [0.29, 0.717) is 32.7 Å². The van der Waals surface area contributed by atoms with Crippen molar-refractivity contribution in [1.29, 1.82) is 0 Å². The van der Waals surface area contributed by atoms with Crippen molar-refractivity contribution in [3.05, 3.63) is 11.6 Å². The first kappa shape index (κ1) is 17.5. The van der Waals surface area contributed by atoms with E-state index in [2.05, 4.69) is 15.1 Å². The molecule has 1 amide bonds. The number of nitrogens with zero attached hydrogens (tertiary/aromatic N) is 5. The van der Waals surface area contributed by atoms with Crippen LogP contribution in [0, 0.1) is 24.2 Å². The molecule has 2 aliphatic heterocycles. The Labute approximate surface area is 153 Å². The SMILES string of the molecule is Cc1nnc(CN2C[C@H]3CN(C(=O)C4CCCC4)C[C@@]3(C(=O)O)C2)n1C. The Morgan fingerprint density at radius 2 is 1.92 bits per heavy atom. The highest BCUT2D eigenvalue weighted by Crippen LogP contribution is 2.44. The zero-order chi connectivity index (χ0) is 18.5. The van der Waals surface area contributed by atoms with E-state index in [1.54, 1.807) is 0 Å². The third kappa shape index (κ3) is 2.71. The van der Waals surface area contributed by atoms with E-state index in [9.17, 15) is 14.7 Å². The first-order valence-electron chi connectivity index (χ1n) is 9.50. The molecule has 4 rings (SSSR count). The Morgan fingerprint density at radius 1 is 1.19 bits per heavy atom. The van der Waals surface area contributed by atoms with Gasteiger partial charge in [-0.2, -0.15) is 0 Å². The van der Waals surface area contributed by atoms with Crippen LogP contribution in [0.4, 0.5) is 0 Å². The van der Waals surface area contributed by atoms with Crippen LogP contribution in [0.1, 0.15) is 37.3 Å². The number of carbonyl (C=O) groups is 2. The number of likely N-dealkylation sites (tertiary alicyclic amines) is 2. The zero-order valence-electron chi connectivity index (χ0n) is 15.5. The second-order valence-electron chi connectivity index (χ2n) is 8.25. The third-order valence-electron chi connectivity index (χ3n) is 6.67. The maximum Gasteiger partial charge on any atom is 0.313 e. The quantitative estimate of drug-likeness (QED) is 0.847. The second kappa shape index (κ2) is 6.33. The molecule has 1 saturated carbocycles. The first-order valence-corrected chi connectivity index (χ1v) is 9.50. The van der Waals surface area contributed by atoms with Gasteiger partial charge in [-0.1, -0.05) is 12.8 Å². The Morgan fingerprint density at radius 3 is 2.50 bits per heavy atom. The van der Waals surface area contributed by atoms with E-state index < -0.39 is 11.4 Å². The summed E-state index contributed by atoms with van der Waals surface area (Å²) in [5, 5.41) is 18.3. The molecule has 142 valence electrons. The molecule has 0 radical (unpaired) electrons. The molecule has 0 unspecified atom stereocenters. The van der Waals surface area contributed by atoms with Gasteiger partial charge in [0.15, 0.2) is 0 Å². The van der Waals surface area contributed by atoms with Crippen molar-refractivity contribution < 1.29 is 14.7 Å². The largest absolute Gasteiger partial charge is 0.481 e. The molecule has 0 bridgehead atoms. The van der Waals surface area contributed by atoms with Crippen LogP contribution in [0.5, 0.6) is 0 Å². The average molecular weight is 361 g/mol. The van der Waals surface area contributed by atoms with Crippen LogP contribution in [0.3, 0.4) is 0 Å². The van der Waals surface area contributed by atoms with Gasteiger partial charge in [0.05, 0.1) is 6.54 Å². The third-order valence-corrected chi connectivity index (χ3v) is 6.67. The van der Waals surface area contributed by atoms with Crippen LogP contribution in [0.15, 0.2) is 0 Å². The summed E-state index contributed by atoms with van der Waals surface area (Å²) in [6.45, 7) is 4.56. The minimum absolute atomic E-state index is 0.0142.